The van der Waals surface area contributed by atoms with E-state index >= 15 is 0 Å². The number of rotatable bonds is 5. The predicted octanol–water partition coefficient (Wildman–Crippen LogP) is 5.46. The average Bonchev–Trinajstić information content (AvgIpc) is 2.99. The maximum atomic E-state index is 13.2. The minimum Gasteiger partial charge on any atom is -0.308 e. The average molecular weight is 383 g/mol. The number of hydrogen-bond donors (Lipinski definition) is 0. The van der Waals surface area contributed by atoms with Gasteiger partial charge >= 0.3 is 0 Å². The lowest BCUT2D eigenvalue weighted by Gasteiger charge is -2.23. The molecule has 0 spiro atoms. The molecule has 0 N–H and O–H groups in total. The third kappa shape index (κ3) is 4.25. The molecular formula is C22H23FN2OS. The van der Waals surface area contributed by atoms with E-state index in [1.54, 1.807) is 17.0 Å². The third-order valence-corrected chi connectivity index (χ3v) is 5.65. The Kier molecular flexibility index (Phi) is 5.71. The lowest BCUT2D eigenvalue weighted by molar-refractivity contribution is 0.0991. The highest BCUT2D eigenvalue weighted by molar-refractivity contribution is 7.14. The second-order valence-electron chi connectivity index (χ2n) is 6.66. The van der Waals surface area contributed by atoms with Gasteiger partial charge in [-0.15, -0.1) is 11.3 Å². The van der Waals surface area contributed by atoms with Crippen LogP contribution < -0.4 is 4.90 Å². The summed E-state index contributed by atoms with van der Waals surface area (Å²) in [5, 5.41) is 0.860. The number of aromatic nitrogens is 1. The van der Waals surface area contributed by atoms with Crippen LogP contribution in [0.3, 0.4) is 0 Å². The van der Waals surface area contributed by atoms with E-state index < -0.39 is 0 Å². The summed E-state index contributed by atoms with van der Waals surface area (Å²) < 4.78 is 13.1. The second-order valence-corrected chi connectivity index (χ2v) is 7.75. The fraction of sp³-hybridized carbons (Fsp3) is 0.273. The smallest absolute Gasteiger partial charge is 0.270 e. The summed E-state index contributed by atoms with van der Waals surface area (Å²) in [6.07, 6.45) is 0.592. The zero-order valence-electron chi connectivity index (χ0n) is 16.0. The normalized spacial score (nSPS) is 10.9. The molecule has 0 radical (unpaired) electrons. The number of anilines is 1. The lowest BCUT2D eigenvalue weighted by atomic mass is 10.1. The molecule has 0 atom stereocenters. The molecule has 3 aromatic rings. The van der Waals surface area contributed by atoms with Crippen LogP contribution in [0.1, 0.15) is 44.0 Å². The zero-order valence-corrected chi connectivity index (χ0v) is 16.9. The Morgan fingerprint density at radius 2 is 1.81 bits per heavy atom. The van der Waals surface area contributed by atoms with Crippen molar-refractivity contribution in [1.82, 2.24) is 4.98 Å². The number of nitrogens with zero attached hydrogens (tertiary/aromatic N) is 2. The van der Waals surface area contributed by atoms with E-state index in [1.807, 2.05) is 39.8 Å². The third-order valence-electron chi connectivity index (χ3n) is 4.51. The second kappa shape index (κ2) is 8.01. The number of halogens is 1. The molecule has 0 bridgehead atoms. The van der Waals surface area contributed by atoms with Gasteiger partial charge in [-0.3, -0.25) is 4.79 Å². The fourth-order valence-electron chi connectivity index (χ4n) is 3.16. The summed E-state index contributed by atoms with van der Waals surface area (Å²) in [6.45, 7) is 8.51. The van der Waals surface area contributed by atoms with Crippen LogP contribution in [0.2, 0.25) is 0 Å². The Morgan fingerprint density at radius 3 is 2.44 bits per heavy atom. The minimum absolute atomic E-state index is 0.0233. The quantitative estimate of drug-likeness (QED) is 0.587. The number of amides is 1. The number of thiazole rings is 1. The molecule has 0 saturated heterocycles. The Morgan fingerprint density at radius 1 is 1.11 bits per heavy atom. The molecule has 0 aliphatic carbocycles. The Hall–Kier alpha value is -2.53. The van der Waals surface area contributed by atoms with Crippen molar-refractivity contribution in [2.24, 2.45) is 0 Å². The molecule has 1 heterocycles. The van der Waals surface area contributed by atoms with Gasteiger partial charge in [0.15, 0.2) is 0 Å². The van der Waals surface area contributed by atoms with Crippen molar-refractivity contribution in [3.8, 4) is 0 Å². The van der Waals surface area contributed by atoms with Gasteiger partial charge in [-0.2, -0.15) is 0 Å². The summed E-state index contributed by atoms with van der Waals surface area (Å²) in [5.74, 6) is -0.276. The molecule has 2 aromatic carbocycles. The van der Waals surface area contributed by atoms with Gasteiger partial charge < -0.3 is 4.90 Å². The van der Waals surface area contributed by atoms with Gasteiger partial charge in [0.1, 0.15) is 10.7 Å². The van der Waals surface area contributed by atoms with Crippen LogP contribution in [0.25, 0.3) is 0 Å². The van der Waals surface area contributed by atoms with Gasteiger partial charge in [0.05, 0.1) is 10.7 Å². The van der Waals surface area contributed by atoms with Gasteiger partial charge in [0.25, 0.3) is 5.91 Å². The number of aryl methyl sites for hydroxylation is 3. The largest absolute Gasteiger partial charge is 0.308 e. The maximum Gasteiger partial charge on any atom is 0.270 e. The summed E-state index contributed by atoms with van der Waals surface area (Å²) >= 11 is 1.42. The van der Waals surface area contributed by atoms with Crippen LogP contribution in [0.15, 0.2) is 42.5 Å². The number of carbonyl (C=O) groups excluding carboxylic acids is 1. The van der Waals surface area contributed by atoms with Crippen molar-refractivity contribution in [2.45, 2.75) is 34.1 Å². The molecule has 3 nitrogen and oxygen atoms in total. The van der Waals surface area contributed by atoms with Crippen LogP contribution in [-0.2, 0) is 6.42 Å². The highest BCUT2D eigenvalue weighted by Gasteiger charge is 2.23. The van der Waals surface area contributed by atoms with Crippen LogP contribution in [0.5, 0.6) is 0 Å². The Bertz CT molecular complexity index is 963. The van der Waals surface area contributed by atoms with E-state index in [9.17, 15) is 9.18 Å². The first-order chi connectivity index (χ1) is 12.9. The van der Waals surface area contributed by atoms with Crippen molar-refractivity contribution in [3.05, 3.63) is 80.6 Å². The summed E-state index contributed by atoms with van der Waals surface area (Å²) in [7, 11) is 0. The molecule has 0 aliphatic heterocycles. The van der Waals surface area contributed by atoms with Crippen molar-refractivity contribution in [2.75, 3.05) is 11.4 Å². The van der Waals surface area contributed by atoms with E-state index in [-0.39, 0.29) is 11.7 Å². The van der Waals surface area contributed by atoms with E-state index in [0.717, 1.165) is 27.5 Å². The number of carbonyl (C=O) groups is 1. The van der Waals surface area contributed by atoms with Gasteiger partial charge in [0, 0.05) is 18.7 Å². The van der Waals surface area contributed by atoms with Gasteiger partial charge in [0.2, 0.25) is 0 Å². The van der Waals surface area contributed by atoms with Crippen molar-refractivity contribution in [3.63, 3.8) is 0 Å². The highest BCUT2D eigenvalue weighted by atomic mass is 32.1. The molecular weight excluding hydrogens is 359 g/mol. The Balaban J connectivity index is 1.87. The summed E-state index contributed by atoms with van der Waals surface area (Å²) in [4.78, 5) is 20.2. The zero-order chi connectivity index (χ0) is 19.6. The molecule has 27 heavy (non-hydrogen) atoms. The first kappa shape index (κ1) is 19.2. The molecule has 1 amide bonds. The van der Waals surface area contributed by atoms with E-state index in [2.05, 4.69) is 11.1 Å². The van der Waals surface area contributed by atoms with Crippen LogP contribution >= 0.6 is 11.3 Å². The SMILES string of the molecule is CCN(C(=O)c1sc(Cc2ccc(F)cc2)nc1C)c1ccc(C)cc1C. The summed E-state index contributed by atoms with van der Waals surface area (Å²) in [5.41, 5.74) is 4.91. The van der Waals surface area contributed by atoms with E-state index in [0.29, 0.717) is 17.8 Å². The van der Waals surface area contributed by atoms with E-state index in [1.165, 1.54) is 29.0 Å². The molecule has 0 saturated carbocycles. The standard InChI is InChI=1S/C22H23FN2OS/c1-5-25(19-11-6-14(2)12-15(19)3)22(26)21-16(4)24-20(27-21)13-17-7-9-18(23)10-8-17/h6-12H,5,13H2,1-4H3. The van der Waals surface area contributed by atoms with Gasteiger partial charge in [-0.1, -0.05) is 29.8 Å². The van der Waals surface area contributed by atoms with Crippen LogP contribution in [-0.4, -0.2) is 17.4 Å². The number of benzene rings is 2. The highest BCUT2D eigenvalue weighted by Crippen LogP contribution is 2.27. The van der Waals surface area contributed by atoms with Crippen LogP contribution in [0.4, 0.5) is 10.1 Å². The maximum absolute atomic E-state index is 13.2. The number of hydrogen-bond acceptors (Lipinski definition) is 3. The first-order valence-electron chi connectivity index (χ1n) is 8.99. The first-order valence-corrected chi connectivity index (χ1v) is 9.80. The lowest BCUT2D eigenvalue weighted by Crippen LogP contribution is -2.31. The molecule has 5 heteroatoms. The molecule has 3 rings (SSSR count). The van der Waals surface area contributed by atoms with Crippen LogP contribution in [0, 0.1) is 26.6 Å². The van der Waals surface area contributed by atoms with Crippen molar-refractivity contribution in [1.29, 1.82) is 0 Å². The minimum atomic E-state index is -0.253. The monoisotopic (exact) mass is 382 g/mol. The predicted molar refractivity (Wildman–Crippen MR) is 109 cm³/mol. The van der Waals surface area contributed by atoms with E-state index in [4.69, 9.17) is 0 Å². The van der Waals surface area contributed by atoms with Gasteiger partial charge in [-0.05, 0) is 57.0 Å². The summed E-state index contributed by atoms with van der Waals surface area (Å²) in [6, 6.07) is 12.5. The molecule has 0 aliphatic rings. The van der Waals surface area contributed by atoms with Crippen molar-refractivity contribution < 1.29 is 9.18 Å². The topological polar surface area (TPSA) is 33.2 Å². The molecule has 0 fully saturated rings. The molecule has 1 aromatic heterocycles. The molecule has 140 valence electrons. The van der Waals surface area contributed by atoms with Gasteiger partial charge in [-0.25, -0.2) is 9.37 Å². The fourth-order valence-corrected chi connectivity index (χ4v) is 4.21. The Labute approximate surface area is 163 Å². The molecule has 0 unspecified atom stereocenters. The van der Waals surface area contributed by atoms with Crippen molar-refractivity contribution >= 4 is 22.9 Å².